The molecule has 0 saturated heterocycles. The van der Waals surface area contributed by atoms with Crippen molar-refractivity contribution in [1.29, 1.82) is 0 Å². The fourth-order valence-corrected chi connectivity index (χ4v) is 2.26. The van der Waals surface area contributed by atoms with Crippen molar-refractivity contribution in [3.63, 3.8) is 0 Å². The van der Waals surface area contributed by atoms with Crippen molar-refractivity contribution in [2.24, 2.45) is 0 Å². The highest BCUT2D eigenvalue weighted by atomic mass is 16.5. The molecule has 5 nitrogen and oxygen atoms in total. The molecule has 0 amide bonds. The summed E-state index contributed by atoms with van der Waals surface area (Å²) >= 11 is 0. The Morgan fingerprint density at radius 2 is 1.86 bits per heavy atom. The molecular weight excluding hydrogens is 268 g/mol. The van der Waals surface area contributed by atoms with E-state index in [1.807, 2.05) is 19.9 Å². The number of hydrogen-bond acceptors (Lipinski definition) is 5. The molecule has 0 aliphatic rings. The molecule has 0 spiro atoms. The summed E-state index contributed by atoms with van der Waals surface area (Å²) in [4.78, 5) is 0. The molecule has 1 atom stereocenters. The fraction of sp³-hybridized carbons (Fsp3) is 0.375. The Morgan fingerprint density at radius 1 is 1.10 bits per heavy atom. The topological polar surface area (TPSA) is 64.5 Å². The van der Waals surface area contributed by atoms with Gasteiger partial charge in [0.25, 0.3) is 0 Å². The fourth-order valence-electron chi connectivity index (χ4n) is 2.26. The predicted molar refractivity (Wildman–Crippen MR) is 79.8 cm³/mol. The van der Waals surface area contributed by atoms with E-state index in [1.165, 1.54) is 0 Å². The number of aryl methyl sites for hydroxylation is 2. The molecule has 0 saturated carbocycles. The highest BCUT2D eigenvalue weighted by Crippen LogP contribution is 2.34. The Morgan fingerprint density at radius 3 is 2.48 bits per heavy atom. The molecule has 1 aromatic carbocycles. The monoisotopic (exact) mass is 288 g/mol. The molecule has 1 heterocycles. The summed E-state index contributed by atoms with van der Waals surface area (Å²) in [5, 5.41) is 18.9. The highest BCUT2D eigenvalue weighted by molar-refractivity contribution is 5.45. The van der Waals surface area contributed by atoms with Crippen molar-refractivity contribution >= 4 is 0 Å². The molecule has 0 radical (unpaired) electrons. The van der Waals surface area contributed by atoms with Crippen LogP contribution in [0.3, 0.4) is 0 Å². The molecular formula is C16H20N2O3. The third kappa shape index (κ3) is 3.13. The minimum absolute atomic E-state index is 0.582. The van der Waals surface area contributed by atoms with Crippen molar-refractivity contribution in [1.82, 2.24) is 10.2 Å². The zero-order chi connectivity index (χ0) is 15.4. The average Bonchev–Trinajstić information content (AvgIpc) is 2.53. The highest BCUT2D eigenvalue weighted by Gasteiger charge is 2.20. The van der Waals surface area contributed by atoms with E-state index in [9.17, 15) is 5.11 Å². The van der Waals surface area contributed by atoms with E-state index in [1.54, 1.807) is 32.4 Å². The van der Waals surface area contributed by atoms with Gasteiger partial charge in [-0.2, -0.15) is 10.2 Å². The Balaban J connectivity index is 2.49. The summed E-state index contributed by atoms with van der Waals surface area (Å²) in [5.41, 5.74) is 2.99. The van der Waals surface area contributed by atoms with Crippen LogP contribution in [0.1, 0.15) is 35.5 Å². The molecule has 1 N–H and O–H groups in total. The molecule has 1 unspecified atom stereocenters. The van der Waals surface area contributed by atoms with Gasteiger partial charge in [0.05, 0.1) is 25.6 Å². The smallest absolute Gasteiger partial charge is 0.128 e. The van der Waals surface area contributed by atoms with Gasteiger partial charge in [-0.15, -0.1) is 0 Å². The number of aromatic nitrogens is 2. The SMILES string of the molecule is CCc1nnc(C)cc1C(O)c1ccc(OC)cc1OC. The van der Waals surface area contributed by atoms with E-state index in [0.717, 1.165) is 17.0 Å². The maximum Gasteiger partial charge on any atom is 0.128 e. The van der Waals surface area contributed by atoms with Crippen LogP contribution in [0, 0.1) is 6.92 Å². The Bertz CT molecular complexity index is 629. The number of rotatable bonds is 5. The first kappa shape index (κ1) is 15.3. The van der Waals surface area contributed by atoms with Crippen LogP contribution in [-0.2, 0) is 6.42 Å². The standard InChI is InChI=1S/C16H20N2O3/c1-5-14-13(8-10(2)17-18-14)16(19)12-7-6-11(20-3)9-15(12)21-4/h6-9,16,19H,5H2,1-4H3. The summed E-state index contributed by atoms with van der Waals surface area (Å²) in [5.74, 6) is 1.26. The second kappa shape index (κ2) is 6.54. The van der Waals surface area contributed by atoms with Crippen LogP contribution in [-0.4, -0.2) is 29.5 Å². The van der Waals surface area contributed by atoms with E-state index in [0.29, 0.717) is 23.5 Å². The maximum absolute atomic E-state index is 10.7. The van der Waals surface area contributed by atoms with Gasteiger partial charge >= 0.3 is 0 Å². The second-order valence-electron chi connectivity index (χ2n) is 4.75. The lowest BCUT2D eigenvalue weighted by Gasteiger charge is -2.18. The Kier molecular flexibility index (Phi) is 4.75. The molecule has 2 rings (SSSR count). The minimum atomic E-state index is -0.810. The van der Waals surface area contributed by atoms with Gasteiger partial charge in [-0.25, -0.2) is 0 Å². The first-order valence-corrected chi connectivity index (χ1v) is 6.83. The Labute approximate surface area is 124 Å². The van der Waals surface area contributed by atoms with Crippen molar-refractivity contribution in [2.45, 2.75) is 26.4 Å². The number of ether oxygens (including phenoxy) is 2. The van der Waals surface area contributed by atoms with Crippen LogP contribution >= 0.6 is 0 Å². The minimum Gasteiger partial charge on any atom is -0.497 e. The Hall–Kier alpha value is -2.14. The molecule has 0 bridgehead atoms. The van der Waals surface area contributed by atoms with Crippen molar-refractivity contribution in [2.75, 3.05) is 14.2 Å². The van der Waals surface area contributed by atoms with Gasteiger partial charge in [0.2, 0.25) is 0 Å². The zero-order valence-electron chi connectivity index (χ0n) is 12.8. The van der Waals surface area contributed by atoms with Crippen LogP contribution in [0.2, 0.25) is 0 Å². The quantitative estimate of drug-likeness (QED) is 0.915. The van der Waals surface area contributed by atoms with Gasteiger partial charge in [-0.05, 0) is 31.5 Å². The summed E-state index contributed by atoms with van der Waals surface area (Å²) in [7, 11) is 3.16. The first-order chi connectivity index (χ1) is 10.1. The van der Waals surface area contributed by atoms with Gasteiger partial charge < -0.3 is 14.6 Å². The van der Waals surface area contributed by atoms with Crippen molar-refractivity contribution < 1.29 is 14.6 Å². The number of methoxy groups -OCH3 is 2. The van der Waals surface area contributed by atoms with Crippen LogP contribution in [0.15, 0.2) is 24.3 Å². The van der Waals surface area contributed by atoms with E-state index in [4.69, 9.17) is 9.47 Å². The molecule has 21 heavy (non-hydrogen) atoms. The van der Waals surface area contributed by atoms with E-state index in [-0.39, 0.29) is 0 Å². The molecule has 5 heteroatoms. The molecule has 112 valence electrons. The van der Waals surface area contributed by atoms with E-state index < -0.39 is 6.10 Å². The van der Waals surface area contributed by atoms with Crippen LogP contribution in [0.25, 0.3) is 0 Å². The normalized spacial score (nSPS) is 12.0. The van der Waals surface area contributed by atoms with E-state index >= 15 is 0 Å². The third-order valence-corrected chi connectivity index (χ3v) is 3.39. The van der Waals surface area contributed by atoms with Gasteiger partial charge in [0.1, 0.15) is 17.6 Å². The lowest BCUT2D eigenvalue weighted by Crippen LogP contribution is -2.09. The van der Waals surface area contributed by atoms with Crippen LogP contribution in [0.4, 0.5) is 0 Å². The molecule has 0 aliphatic heterocycles. The molecule has 0 aliphatic carbocycles. The van der Waals surface area contributed by atoms with Gasteiger partial charge in [0.15, 0.2) is 0 Å². The number of aliphatic hydroxyl groups excluding tert-OH is 1. The lowest BCUT2D eigenvalue weighted by molar-refractivity contribution is 0.212. The number of nitrogens with zero attached hydrogens (tertiary/aromatic N) is 2. The second-order valence-corrected chi connectivity index (χ2v) is 4.75. The number of benzene rings is 1. The molecule has 0 fully saturated rings. The summed E-state index contributed by atoms with van der Waals surface area (Å²) in [6.07, 6.45) is -0.104. The van der Waals surface area contributed by atoms with Gasteiger partial charge in [0, 0.05) is 17.2 Å². The van der Waals surface area contributed by atoms with E-state index in [2.05, 4.69) is 10.2 Å². The van der Waals surface area contributed by atoms with Gasteiger partial charge in [-0.3, -0.25) is 0 Å². The summed E-state index contributed by atoms with van der Waals surface area (Å²) in [6, 6.07) is 7.22. The first-order valence-electron chi connectivity index (χ1n) is 6.83. The van der Waals surface area contributed by atoms with Crippen LogP contribution < -0.4 is 9.47 Å². The van der Waals surface area contributed by atoms with Crippen molar-refractivity contribution in [3.8, 4) is 11.5 Å². The number of hydrogen-bond donors (Lipinski definition) is 1. The largest absolute Gasteiger partial charge is 0.497 e. The molecule has 1 aromatic heterocycles. The third-order valence-electron chi connectivity index (χ3n) is 3.39. The lowest BCUT2D eigenvalue weighted by atomic mass is 9.98. The van der Waals surface area contributed by atoms with Crippen molar-refractivity contribution in [3.05, 3.63) is 46.8 Å². The molecule has 2 aromatic rings. The van der Waals surface area contributed by atoms with Crippen LogP contribution in [0.5, 0.6) is 11.5 Å². The number of aliphatic hydroxyl groups is 1. The maximum atomic E-state index is 10.7. The average molecular weight is 288 g/mol. The predicted octanol–water partition coefficient (Wildman–Crippen LogP) is 2.45. The zero-order valence-corrected chi connectivity index (χ0v) is 12.8. The summed E-state index contributed by atoms with van der Waals surface area (Å²) < 4.78 is 10.5. The summed E-state index contributed by atoms with van der Waals surface area (Å²) in [6.45, 7) is 3.84. The van der Waals surface area contributed by atoms with Gasteiger partial charge in [-0.1, -0.05) is 6.92 Å².